The average molecular weight is 597 g/mol. The van der Waals surface area contributed by atoms with Crippen molar-refractivity contribution in [3.8, 4) is 0 Å². The van der Waals surface area contributed by atoms with Crippen LogP contribution in [-0.2, 0) is 22.1 Å². The number of ether oxygens (including phenoxy) is 2. The molecule has 1 aliphatic heterocycles. The Kier molecular flexibility index (Phi) is 7.80. The molecule has 0 aliphatic carbocycles. The lowest BCUT2D eigenvalue weighted by Gasteiger charge is -2.20. The summed E-state index contributed by atoms with van der Waals surface area (Å²) in [7, 11) is 1.88. The third-order valence-electron chi connectivity index (χ3n) is 7.24. The van der Waals surface area contributed by atoms with Gasteiger partial charge in [-0.05, 0) is 66.2 Å². The normalized spacial score (nSPS) is 13.3. The number of hydrogen-bond donors (Lipinski definition) is 2. The van der Waals surface area contributed by atoms with Crippen molar-refractivity contribution in [1.29, 1.82) is 0 Å². The maximum Gasteiger partial charge on any atom is 0.416 e. The molecule has 0 unspecified atom stereocenters. The molecule has 10 heteroatoms. The maximum atomic E-state index is 13.1. The summed E-state index contributed by atoms with van der Waals surface area (Å²) in [6.07, 6.45) is -0.246. The van der Waals surface area contributed by atoms with Gasteiger partial charge in [-0.1, -0.05) is 42.5 Å². The van der Waals surface area contributed by atoms with Crippen molar-refractivity contribution in [3.05, 3.63) is 137 Å². The Morgan fingerprint density at radius 2 is 1.77 bits per heavy atom. The van der Waals surface area contributed by atoms with Crippen LogP contribution < -0.4 is 10.2 Å². The number of benzene rings is 4. The van der Waals surface area contributed by atoms with Crippen LogP contribution in [0.4, 0.5) is 30.2 Å². The molecule has 1 aliphatic rings. The van der Waals surface area contributed by atoms with E-state index in [1.54, 1.807) is 24.5 Å². The van der Waals surface area contributed by atoms with Gasteiger partial charge in [0.05, 0.1) is 16.8 Å². The SMILES string of the molecule is CN(c1cccc(NC(=O)c2cccc(C(F)(F)F)c2)c1)c1ccc2c(C=C(Cc3ccccc3)C3=COCO3)[nH]nc2c1. The van der Waals surface area contributed by atoms with Crippen LogP contribution >= 0.6 is 0 Å². The number of nitrogens with one attached hydrogen (secondary N) is 2. The first kappa shape index (κ1) is 28.6. The summed E-state index contributed by atoms with van der Waals surface area (Å²) in [5.41, 5.74) is 4.77. The van der Waals surface area contributed by atoms with E-state index >= 15 is 0 Å². The summed E-state index contributed by atoms with van der Waals surface area (Å²) in [4.78, 5) is 14.7. The Hall–Kier alpha value is -5.51. The predicted molar refractivity (Wildman–Crippen MR) is 163 cm³/mol. The van der Waals surface area contributed by atoms with E-state index < -0.39 is 17.6 Å². The minimum Gasteiger partial charge on any atom is -0.461 e. The molecule has 1 amide bonds. The molecule has 0 atom stereocenters. The summed E-state index contributed by atoms with van der Waals surface area (Å²) in [6.45, 7) is 0.178. The molecule has 0 fully saturated rings. The fourth-order valence-corrected chi connectivity index (χ4v) is 4.93. The van der Waals surface area contributed by atoms with Crippen molar-refractivity contribution in [2.75, 3.05) is 24.1 Å². The summed E-state index contributed by atoms with van der Waals surface area (Å²) < 4.78 is 50.3. The molecule has 0 bridgehead atoms. The summed E-state index contributed by atoms with van der Waals surface area (Å²) in [5, 5.41) is 11.3. The topological polar surface area (TPSA) is 79.5 Å². The predicted octanol–water partition coefficient (Wildman–Crippen LogP) is 8.07. The van der Waals surface area contributed by atoms with Crippen LogP contribution in [0.2, 0.25) is 0 Å². The molecule has 0 radical (unpaired) electrons. The Bertz CT molecular complexity index is 1880. The molecule has 6 rings (SSSR count). The molecule has 44 heavy (non-hydrogen) atoms. The first-order valence-corrected chi connectivity index (χ1v) is 13.7. The number of anilines is 3. The average Bonchev–Trinajstić information content (AvgIpc) is 3.71. The van der Waals surface area contributed by atoms with E-state index in [-0.39, 0.29) is 12.4 Å². The Morgan fingerprint density at radius 1 is 0.977 bits per heavy atom. The Balaban J connectivity index is 1.22. The second-order valence-electron chi connectivity index (χ2n) is 10.2. The number of alkyl halides is 3. The van der Waals surface area contributed by atoms with Gasteiger partial charge in [-0.25, -0.2) is 0 Å². The van der Waals surface area contributed by atoms with Crippen molar-refractivity contribution in [1.82, 2.24) is 10.2 Å². The zero-order chi connectivity index (χ0) is 30.7. The Labute approximate surface area is 251 Å². The minimum atomic E-state index is -4.53. The molecule has 2 N–H and O–H groups in total. The van der Waals surface area contributed by atoms with Crippen LogP contribution in [0.1, 0.15) is 27.2 Å². The zero-order valence-corrected chi connectivity index (χ0v) is 23.6. The molecule has 7 nitrogen and oxygen atoms in total. The van der Waals surface area contributed by atoms with E-state index in [1.807, 2.05) is 60.5 Å². The van der Waals surface area contributed by atoms with Crippen molar-refractivity contribution < 1.29 is 27.4 Å². The number of rotatable bonds is 8. The van der Waals surface area contributed by atoms with Gasteiger partial charge in [0.15, 0.2) is 5.76 Å². The standard InChI is InChI=1S/C34H27F3N4O3/c1-41(27-12-6-11-26(18-27)38-33(42)23-9-5-10-25(16-23)34(35,36)37)28-13-14-29-30(39-40-31(29)19-28)17-24(32-20-43-21-44-32)15-22-7-3-2-4-8-22/h2-14,16-20H,15,21H2,1H3,(H,38,42)(H,39,40). The van der Waals surface area contributed by atoms with Gasteiger partial charge in [0, 0.05) is 47.1 Å². The van der Waals surface area contributed by atoms with Crippen molar-refractivity contribution in [2.24, 2.45) is 0 Å². The number of amides is 1. The lowest BCUT2D eigenvalue weighted by atomic mass is 10.0. The number of H-pyrrole nitrogens is 1. The maximum absolute atomic E-state index is 13.1. The van der Waals surface area contributed by atoms with E-state index in [1.165, 1.54) is 12.1 Å². The summed E-state index contributed by atoms with van der Waals surface area (Å²) in [6, 6.07) is 27.4. The van der Waals surface area contributed by atoms with Crippen LogP contribution in [0.3, 0.4) is 0 Å². The summed E-state index contributed by atoms with van der Waals surface area (Å²) in [5.74, 6) is 0.0411. The number of hydrogen-bond acceptors (Lipinski definition) is 5. The highest BCUT2D eigenvalue weighted by atomic mass is 19.4. The second-order valence-corrected chi connectivity index (χ2v) is 10.2. The minimum absolute atomic E-state index is 0.0809. The molecule has 0 saturated heterocycles. The lowest BCUT2D eigenvalue weighted by Crippen LogP contribution is -2.15. The molecular formula is C34H27F3N4O3. The van der Waals surface area contributed by atoms with Crippen molar-refractivity contribution in [3.63, 3.8) is 0 Å². The van der Waals surface area contributed by atoms with Crippen LogP contribution in [0, 0.1) is 0 Å². The molecule has 222 valence electrons. The number of halogens is 3. The van der Waals surface area contributed by atoms with E-state index in [2.05, 4.69) is 27.6 Å². The zero-order valence-electron chi connectivity index (χ0n) is 23.6. The van der Waals surface area contributed by atoms with Gasteiger partial charge in [-0.15, -0.1) is 0 Å². The molecule has 1 aromatic heterocycles. The molecule has 0 spiro atoms. The quantitative estimate of drug-likeness (QED) is 0.189. The molecule has 5 aromatic rings. The van der Waals surface area contributed by atoms with Gasteiger partial charge in [0.25, 0.3) is 5.91 Å². The largest absolute Gasteiger partial charge is 0.461 e. The molecule has 4 aromatic carbocycles. The number of carbonyl (C=O) groups is 1. The van der Waals surface area contributed by atoms with E-state index in [0.29, 0.717) is 17.9 Å². The van der Waals surface area contributed by atoms with Crippen LogP contribution in [-0.4, -0.2) is 29.9 Å². The number of allylic oxidation sites excluding steroid dienone is 1. The first-order chi connectivity index (χ1) is 21.2. The van der Waals surface area contributed by atoms with E-state index in [9.17, 15) is 18.0 Å². The van der Waals surface area contributed by atoms with Gasteiger partial charge in [-0.2, -0.15) is 18.3 Å². The molecule has 0 saturated carbocycles. The number of fused-ring (bicyclic) bond motifs is 1. The first-order valence-electron chi connectivity index (χ1n) is 13.7. The third-order valence-corrected chi connectivity index (χ3v) is 7.24. The van der Waals surface area contributed by atoms with Gasteiger partial charge < -0.3 is 19.7 Å². The number of carbonyl (C=O) groups excluding carboxylic acids is 1. The van der Waals surface area contributed by atoms with Crippen LogP contribution in [0.15, 0.2) is 115 Å². The van der Waals surface area contributed by atoms with Crippen molar-refractivity contribution >= 4 is 39.9 Å². The van der Waals surface area contributed by atoms with Crippen LogP contribution in [0.5, 0.6) is 0 Å². The highest BCUT2D eigenvalue weighted by Gasteiger charge is 2.31. The van der Waals surface area contributed by atoms with E-state index in [0.717, 1.165) is 51.2 Å². The highest BCUT2D eigenvalue weighted by molar-refractivity contribution is 6.04. The number of aromatic amines is 1. The Morgan fingerprint density at radius 3 is 2.55 bits per heavy atom. The van der Waals surface area contributed by atoms with Gasteiger partial charge in [0.2, 0.25) is 6.79 Å². The third kappa shape index (κ3) is 6.29. The van der Waals surface area contributed by atoms with Gasteiger partial charge >= 0.3 is 6.18 Å². The second kappa shape index (κ2) is 12.0. The van der Waals surface area contributed by atoms with Gasteiger partial charge in [0.1, 0.15) is 6.26 Å². The monoisotopic (exact) mass is 596 g/mol. The molecular weight excluding hydrogens is 569 g/mol. The number of nitrogens with zero attached hydrogens (tertiary/aromatic N) is 2. The van der Waals surface area contributed by atoms with Crippen LogP contribution in [0.25, 0.3) is 17.0 Å². The highest BCUT2D eigenvalue weighted by Crippen LogP contribution is 2.32. The summed E-state index contributed by atoms with van der Waals surface area (Å²) >= 11 is 0. The van der Waals surface area contributed by atoms with E-state index in [4.69, 9.17) is 9.47 Å². The lowest BCUT2D eigenvalue weighted by molar-refractivity contribution is -0.137. The molecule has 2 heterocycles. The fourth-order valence-electron chi connectivity index (χ4n) is 4.93. The van der Waals surface area contributed by atoms with Gasteiger partial charge in [-0.3, -0.25) is 9.89 Å². The smallest absolute Gasteiger partial charge is 0.416 e. The number of aromatic nitrogens is 2. The fraction of sp³-hybridized carbons (Fsp3) is 0.118. The van der Waals surface area contributed by atoms with Crippen molar-refractivity contribution in [2.45, 2.75) is 12.6 Å².